The number of rotatable bonds is 5. The monoisotopic (exact) mass is 292 g/mol. The van der Waals surface area contributed by atoms with Gasteiger partial charge in [-0.15, -0.1) is 0 Å². The van der Waals surface area contributed by atoms with Gasteiger partial charge in [-0.05, 0) is 32.3 Å². The van der Waals surface area contributed by atoms with Crippen molar-refractivity contribution >= 4 is 5.91 Å². The molecule has 1 aromatic heterocycles. The van der Waals surface area contributed by atoms with E-state index in [1.807, 2.05) is 6.92 Å². The van der Waals surface area contributed by atoms with E-state index < -0.39 is 0 Å². The van der Waals surface area contributed by atoms with Gasteiger partial charge in [0.05, 0.1) is 18.2 Å². The first-order valence-corrected chi connectivity index (χ1v) is 7.89. The summed E-state index contributed by atoms with van der Waals surface area (Å²) in [5.74, 6) is 0.571. The Morgan fingerprint density at radius 1 is 1.52 bits per heavy atom. The number of nitrogens with two attached hydrogens (primary N) is 1. The molecule has 2 atom stereocenters. The molecule has 5 nitrogen and oxygen atoms in total. The highest BCUT2D eigenvalue weighted by Gasteiger charge is 2.57. The first-order valence-electron chi connectivity index (χ1n) is 7.89. The van der Waals surface area contributed by atoms with Crippen LogP contribution in [0.5, 0.6) is 0 Å². The number of carbonyl (C=O) groups excluding carboxylic acids is 1. The summed E-state index contributed by atoms with van der Waals surface area (Å²) in [4.78, 5) is 12.3. The van der Waals surface area contributed by atoms with Crippen molar-refractivity contribution in [3.8, 4) is 0 Å². The molecule has 0 radical (unpaired) electrons. The molecule has 0 saturated heterocycles. The molecule has 2 saturated carbocycles. The molecule has 3 rings (SSSR count). The first-order chi connectivity index (χ1) is 10.2. The quantitative estimate of drug-likeness (QED) is 0.872. The fraction of sp³-hybridized carbons (Fsp3) is 0.688. The van der Waals surface area contributed by atoms with Crippen molar-refractivity contribution in [2.24, 2.45) is 11.1 Å². The third-order valence-electron chi connectivity index (χ3n) is 5.11. The van der Waals surface area contributed by atoms with Crippen molar-refractivity contribution < 1.29 is 13.9 Å². The number of amides is 1. The summed E-state index contributed by atoms with van der Waals surface area (Å²) in [6, 6.07) is 1.94. The minimum absolute atomic E-state index is 0.0651. The number of hydrogen-bond acceptors (Lipinski definition) is 4. The summed E-state index contributed by atoms with van der Waals surface area (Å²) < 4.78 is 11.1. The van der Waals surface area contributed by atoms with Crippen LogP contribution in [0.25, 0.3) is 0 Å². The molecular weight excluding hydrogens is 268 g/mol. The molecule has 2 aliphatic carbocycles. The minimum atomic E-state index is -0.0651. The van der Waals surface area contributed by atoms with Crippen LogP contribution in [0.3, 0.4) is 0 Å². The average Bonchev–Trinajstić information content (AvgIpc) is 3.16. The summed E-state index contributed by atoms with van der Waals surface area (Å²) in [6.07, 6.45) is 7.49. The summed E-state index contributed by atoms with van der Waals surface area (Å²) in [7, 11) is 0. The Morgan fingerprint density at radius 2 is 2.29 bits per heavy atom. The van der Waals surface area contributed by atoms with Gasteiger partial charge in [0.15, 0.2) is 0 Å². The maximum atomic E-state index is 12.3. The zero-order chi connectivity index (χ0) is 14.9. The number of hydrogen-bond donors (Lipinski definition) is 2. The van der Waals surface area contributed by atoms with Crippen molar-refractivity contribution in [1.82, 2.24) is 5.32 Å². The predicted octanol–water partition coefficient (Wildman–Crippen LogP) is 2.21. The molecule has 21 heavy (non-hydrogen) atoms. The Hall–Kier alpha value is -1.33. The molecular formula is C16H24N2O3. The molecule has 1 heterocycles. The largest absolute Gasteiger partial charge is 0.467 e. The van der Waals surface area contributed by atoms with Crippen molar-refractivity contribution in [2.75, 3.05) is 6.61 Å². The van der Waals surface area contributed by atoms with Gasteiger partial charge < -0.3 is 20.2 Å². The van der Waals surface area contributed by atoms with E-state index in [9.17, 15) is 4.79 Å². The third-order valence-corrected chi connectivity index (χ3v) is 5.11. The molecule has 2 unspecified atom stereocenters. The summed E-state index contributed by atoms with van der Waals surface area (Å²) in [6.45, 7) is 3.09. The van der Waals surface area contributed by atoms with Gasteiger partial charge in [0, 0.05) is 18.1 Å². The molecule has 2 fully saturated rings. The third kappa shape index (κ3) is 2.49. The molecule has 0 aliphatic heterocycles. The normalized spacial score (nSPS) is 26.8. The number of nitrogens with one attached hydrogen (secondary N) is 1. The molecule has 1 aromatic rings. The van der Waals surface area contributed by atoms with Gasteiger partial charge in [-0.3, -0.25) is 4.79 Å². The van der Waals surface area contributed by atoms with Crippen LogP contribution >= 0.6 is 0 Å². The molecule has 0 aromatic carbocycles. The van der Waals surface area contributed by atoms with Gasteiger partial charge in [-0.1, -0.05) is 12.8 Å². The zero-order valence-electron chi connectivity index (χ0n) is 12.6. The Bertz CT molecular complexity index is 505. The van der Waals surface area contributed by atoms with Crippen LogP contribution in [0.15, 0.2) is 16.7 Å². The van der Waals surface area contributed by atoms with Gasteiger partial charge in [0.1, 0.15) is 12.0 Å². The minimum Gasteiger partial charge on any atom is -0.467 e. The van der Waals surface area contributed by atoms with Crippen LogP contribution < -0.4 is 11.1 Å². The van der Waals surface area contributed by atoms with Crippen molar-refractivity contribution in [1.29, 1.82) is 0 Å². The lowest BCUT2D eigenvalue weighted by Gasteiger charge is -2.54. The van der Waals surface area contributed by atoms with Gasteiger partial charge in [-0.25, -0.2) is 0 Å². The Labute approximate surface area is 125 Å². The first kappa shape index (κ1) is 14.6. The van der Waals surface area contributed by atoms with E-state index in [1.54, 1.807) is 6.07 Å². The van der Waals surface area contributed by atoms with E-state index in [0.29, 0.717) is 24.0 Å². The van der Waals surface area contributed by atoms with Crippen molar-refractivity contribution in [3.05, 3.63) is 23.7 Å². The number of furan rings is 1. The molecule has 5 heteroatoms. The average molecular weight is 292 g/mol. The lowest BCUT2D eigenvalue weighted by molar-refractivity contribution is -0.127. The second-order valence-electron chi connectivity index (χ2n) is 6.15. The summed E-state index contributed by atoms with van der Waals surface area (Å²) in [5.41, 5.74) is 6.22. The lowest BCUT2D eigenvalue weighted by Crippen LogP contribution is -2.63. The highest BCUT2D eigenvalue weighted by atomic mass is 16.5. The molecule has 0 bridgehead atoms. The van der Waals surface area contributed by atoms with Gasteiger partial charge in [0.25, 0.3) is 5.91 Å². The van der Waals surface area contributed by atoms with Crippen molar-refractivity contribution in [2.45, 2.75) is 57.7 Å². The van der Waals surface area contributed by atoms with Crippen LogP contribution in [0.2, 0.25) is 0 Å². The molecule has 2 aliphatic rings. The van der Waals surface area contributed by atoms with E-state index in [2.05, 4.69) is 5.32 Å². The van der Waals surface area contributed by atoms with Crippen LogP contribution in [0.4, 0.5) is 0 Å². The highest BCUT2D eigenvalue weighted by Crippen LogP contribution is 2.54. The van der Waals surface area contributed by atoms with E-state index in [1.165, 1.54) is 19.1 Å². The van der Waals surface area contributed by atoms with E-state index >= 15 is 0 Å². The van der Waals surface area contributed by atoms with Gasteiger partial charge >= 0.3 is 0 Å². The van der Waals surface area contributed by atoms with E-state index in [4.69, 9.17) is 14.9 Å². The molecule has 3 N–H and O–H groups in total. The Morgan fingerprint density at radius 3 is 2.90 bits per heavy atom. The van der Waals surface area contributed by atoms with E-state index in [0.717, 1.165) is 25.9 Å². The molecule has 1 spiro atoms. The topological polar surface area (TPSA) is 77.5 Å². The fourth-order valence-corrected chi connectivity index (χ4v) is 3.94. The predicted molar refractivity (Wildman–Crippen MR) is 78.8 cm³/mol. The standard InChI is InChI=1S/C16H24N2O3/c1-2-20-14-8-13(16(14)5-3-4-6-16)18-15(19)11-7-12(9-17)21-10-11/h7,10,13-14H,2-6,8-9,17H2,1H3,(H,18,19). The van der Waals surface area contributed by atoms with Crippen LogP contribution in [-0.4, -0.2) is 24.7 Å². The maximum absolute atomic E-state index is 12.3. The zero-order valence-corrected chi connectivity index (χ0v) is 12.6. The van der Waals surface area contributed by atoms with Gasteiger partial charge in [-0.2, -0.15) is 0 Å². The number of ether oxygens (including phenoxy) is 1. The van der Waals surface area contributed by atoms with Crippen LogP contribution in [-0.2, 0) is 11.3 Å². The van der Waals surface area contributed by atoms with Gasteiger partial charge in [0.2, 0.25) is 0 Å². The fourth-order valence-electron chi connectivity index (χ4n) is 3.94. The number of carbonyl (C=O) groups is 1. The summed E-state index contributed by atoms with van der Waals surface area (Å²) in [5, 5.41) is 3.17. The Kier molecular flexibility index (Phi) is 4.04. The highest BCUT2D eigenvalue weighted by molar-refractivity contribution is 5.94. The second kappa shape index (κ2) is 5.81. The SMILES string of the molecule is CCOC1CC(NC(=O)c2coc(CN)c2)C12CCCC2. The Balaban J connectivity index is 1.66. The van der Waals surface area contributed by atoms with Crippen molar-refractivity contribution in [3.63, 3.8) is 0 Å². The van der Waals surface area contributed by atoms with Crippen LogP contribution in [0, 0.1) is 5.41 Å². The summed E-state index contributed by atoms with van der Waals surface area (Å²) >= 11 is 0. The maximum Gasteiger partial charge on any atom is 0.254 e. The lowest BCUT2D eigenvalue weighted by atomic mass is 9.60. The molecule has 116 valence electrons. The molecule has 1 amide bonds. The van der Waals surface area contributed by atoms with Crippen LogP contribution in [0.1, 0.15) is 55.1 Å². The van der Waals surface area contributed by atoms with E-state index in [-0.39, 0.29) is 17.4 Å². The second-order valence-corrected chi connectivity index (χ2v) is 6.15. The smallest absolute Gasteiger partial charge is 0.254 e.